The lowest BCUT2D eigenvalue weighted by Gasteiger charge is -1.81. The standard InChI is InChI=1S/C7H9NO2/c1-5-3-7(4-8-9)10-6(5)2/h3-4,9H,1-2H3/b8-4-. The van der Waals surface area contributed by atoms with E-state index in [1.165, 1.54) is 6.21 Å². The summed E-state index contributed by atoms with van der Waals surface area (Å²) in [5, 5.41) is 11.0. The number of nitrogens with zero attached hydrogens (tertiary/aromatic N) is 1. The topological polar surface area (TPSA) is 45.7 Å². The lowest BCUT2D eigenvalue weighted by atomic mass is 10.3. The molecule has 3 nitrogen and oxygen atoms in total. The first-order chi connectivity index (χ1) is 4.74. The Morgan fingerprint density at radius 3 is 2.70 bits per heavy atom. The van der Waals surface area contributed by atoms with E-state index < -0.39 is 0 Å². The van der Waals surface area contributed by atoms with Crippen LogP contribution in [0.3, 0.4) is 0 Å². The van der Waals surface area contributed by atoms with Crippen molar-refractivity contribution in [3.63, 3.8) is 0 Å². The molecule has 10 heavy (non-hydrogen) atoms. The second-order valence-electron chi connectivity index (χ2n) is 2.13. The van der Waals surface area contributed by atoms with Gasteiger partial charge >= 0.3 is 0 Å². The lowest BCUT2D eigenvalue weighted by molar-refractivity contribution is 0.320. The Balaban J connectivity index is 2.98. The third kappa shape index (κ3) is 1.18. The molecule has 1 heterocycles. The van der Waals surface area contributed by atoms with Crippen molar-refractivity contribution in [1.82, 2.24) is 0 Å². The van der Waals surface area contributed by atoms with E-state index in [-0.39, 0.29) is 0 Å². The van der Waals surface area contributed by atoms with Gasteiger partial charge in [-0.15, -0.1) is 0 Å². The number of rotatable bonds is 1. The van der Waals surface area contributed by atoms with Crippen LogP contribution in [0.1, 0.15) is 17.1 Å². The van der Waals surface area contributed by atoms with Gasteiger partial charge in [0.25, 0.3) is 0 Å². The summed E-state index contributed by atoms with van der Waals surface area (Å²) in [5.74, 6) is 1.44. The zero-order chi connectivity index (χ0) is 7.56. The summed E-state index contributed by atoms with van der Waals surface area (Å²) in [6, 6.07) is 1.81. The zero-order valence-corrected chi connectivity index (χ0v) is 5.96. The maximum absolute atomic E-state index is 8.13. The molecule has 0 unspecified atom stereocenters. The first kappa shape index (κ1) is 6.86. The lowest BCUT2D eigenvalue weighted by Crippen LogP contribution is -1.71. The summed E-state index contributed by atoms with van der Waals surface area (Å²) in [4.78, 5) is 0. The highest BCUT2D eigenvalue weighted by molar-refractivity contribution is 5.75. The minimum atomic E-state index is 0.581. The highest BCUT2D eigenvalue weighted by atomic mass is 16.4. The van der Waals surface area contributed by atoms with Crippen LogP contribution in [0.2, 0.25) is 0 Å². The number of hydrogen-bond donors (Lipinski definition) is 1. The highest BCUT2D eigenvalue weighted by Crippen LogP contribution is 2.10. The molecule has 0 aliphatic heterocycles. The molecule has 0 aliphatic carbocycles. The number of oxime groups is 1. The van der Waals surface area contributed by atoms with Gasteiger partial charge in [0.1, 0.15) is 17.7 Å². The second kappa shape index (κ2) is 2.56. The van der Waals surface area contributed by atoms with Gasteiger partial charge in [-0.1, -0.05) is 5.16 Å². The molecule has 0 aliphatic rings. The number of furan rings is 1. The van der Waals surface area contributed by atoms with E-state index in [0.29, 0.717) is 5.76 Å². The van der Waals surface area contributed by atoms with E-state index in [1.54, 1.807) is 0 Å². The molecule has 3 heteroatoms. The van der Waals surface area contributed by atoms with Crippen molar-refractivity contribution in [2.24, 2.45) is 5.16 Å². The van der Waals surface area contributed by atoms with Crippen LogP contribution in [0, 0.1) is 13.8 Å². The molecule has 0 aromatic carbocycles. The highest BCUT2D eigenvalue weighted by Gasteiger charge is 1.99. The fourth-order valence-corrected chi connectivity index (χ4v) is 0.722. The molecule has 0 radical (unpaired) electrons. The van der Waals surface area contributed by atoms with Crippen molar-refractivity contribution >= 4 is 6.21 Å². The normalized spacial score (nSPS) is 11.0. The monoisotopic (exact) mass is 139 g/mol. The van der Waals surface area contributed by atoms with E-state index in [1.807, 2.05) is 19.9 Å². The number of hydrogen-bond acceptors (Lipinski definition) is 3. The molecule has 0 saturated heterocycles. The van der Waals surface area contributed by atoms with Gasteiger partial charge in [-0.25, -0.2) is 0 Å². The average Bonchev–Trinajstić information content (AvgIpc) is 2.14. The molecule has 1 aromatic rings. The molecular weight excluding hydrogens is 130 g/mol. The second-order valence-corrected chi connectivity index (χ2v) is 2.13. The predicted octanol–water partition coefficient (Wildman–Crippen LogP) is 1.70. The molecule has 0 saturated carbocycles. The van der Waals surface area contributed by atoms with Gasteiger partial charge in [-0.05, 0) is 25.5 Å². The van der Waals surface area contributed by atoms with Crippen LogP contribution < -0.4 is 0 Å². The third-order valence-corrected chi connectivity index (χ3v) is 1.37. The molecule has 54 valence electrons. The zero-order valence-electron chi connectivity index (χ0n) is 5.96. The van der Waals surface area contributed by atoms with Gasteiger partial charge < -0.3 is 9.62 Å². The molecule has 1 N–H and O–H groups in total. The van der Waals surface area contributed by atoms with Crippen molar-refractivity contribution in [2.75, 3.05) is 0 Å². The van der Waals surface area contributed by atoms with Gasteiger partial charge in [0.05, 0.1) is 0 Å². The summed E-state index contributed by atoms with van der Waals surface area (Å²) >= 11 is 0. The SMILES string of the molecule is Cc1cc(/C=N\O)oc1C. The van der Waals surface area contributed by atoms with Crippen LogP contribution >= 0.6 is 0 Å². The van der Waals surface area contributed by atoms with Gasteiger partial charge in [0.2, 0.25) is 0 Å². The molecule has 0 amide bonds. The van der Waals surface area contributed by atoms with E-state index in [4.69, 9.17) is 9.62 Å². The summed E-state index contributed by atoms with van der Waals surface area (Å²) in [5.41, 5.74) is 1.06. The van der Waals surface area contributed by atoms with Crippen LogP contribution in [0.25, 0.3) is 0 Å². The quantitative estimate of drug-likeness (QED) is 0.365. The molecular formula is C7H9NO2. The summed E-state index contributed by atoms with van der Waals surface area (Å²) in [7, 11) is 0. The van der Waals surface area contributed by atoms with Crippen LogP contribution in [0.15, 0.2) is 15.6 Å². The minimum Gasteiger partial charge on any atom is -0.460 e. The number of aryl methyl sites for hydroxylation is 2. The van der Waals surface area contributed by atoms with E-state index >= 15 is 0 Å². The fourth-order valence-electron chi connectivity index (χ4n) is 0.722. The molecule has 0 atom stereocenters. The molecule has 0 spiro atoms. The average molecular weight is 139 g/mol. The summed E-state index contributed by atoms with van der Waals surface area (Å²) in [6.45, 7) is 3.80. The predicted molar refractivity (Wildman–Crippen MR) is 37.6 cm³/mol. The van der Waals surface area contributed by atoms with E-state index in [0.717, 1.165) is 11.3 Å². The molecule has 0 fully saturated rings. The maximum atomic E-state index is 8.13. The fraction of sp³-hybridized carbons (Fsp3) is 0.286. The van der Waals surface area contributed by atoms with Crippen LogP contribution in [0.5, 0.6) is 0 Å². The van der Waals surface area contributed by atoms with Crippen molar-refractivity contribution in [3.05, 3.63) is 23.2 Å². The van der Waals surface area contributed by atoms with Crippen molar-refractivity contribution < 1.29 is 9.62 Å². The first-order valence-corrected chi connectivity index (χ1v) is 2.98. The summed E-state index contributed by atoms with van der Waals surface area (Å²) < 4.78 is 5.15. The van der Waals surface area contributed by atoms with Gasteiger partial charge in [0, 0.05) is 0 Å². The smallest absolute Gasteiger partial charge is 0.148 e. The third-order valence-electron chi connectivity index (χ3n) is 1.37. The summed E-state index contributed by atoms with van der Waals surface area (Å²) in [6.07, 6.45) is 1.26. The Kier molecular flexibility index (Phi) is 1.76. The molecule has 1 rings (SSSR count). The Morgan fingerprint density at radius 2 is 2.30 bits per heavy atom. The van der Waals surface area contributed by atoms with Gasteiger partial charge in [-0.3, -0.25) is 0 Å². The van der Waals surface area contributed by atoms with E-state index in [2.05, 4.69) is 5.16 Å². The van der Waals surface area contributed by atoms with Crippen molar-refractivity contribution in [1.29, 1.82) is 0 Å². The Hall–Kier alpha value is -1.25. The van der Waals surface area contributed by atoms with Gasteiger partial charge in [-0.2, -0.15) is 0 Å². The first-order valence-electron chi connectivity index (χ1n) is 2.98. The van der Waals surface area contributed by atoms with Crippen LogP contribution in [-0.2, 0) is 0 Å². The minimum absolute atomic E-state index is 0.581. The van der Waals surface area contributed by atoms with E-state index in [9.17, 15) is 0 Å². The maximum Gasteiger partial charge on any atom is 0.148 e. The van der Waals surface area contributed by atoms with Crippen LogP contribution in [0.4, 0.5) is 0 Å². The van der Waals surface area contributed by atoms with Crippen molar-refractivity contribution in [3.8, 4) is 0 Å². The molecule has 1 aromatic heterocycles. The molecule has 0 bridgehead atoms. The Bertz CT molecular complexity index is 231. The largest absolute Gasteiger partial charge is 0.460 e. The van der Waals surface area contributed by atoms with Crippen molar-refractivity contribution in [2.45, 2.75) is 13.8 Å². The van der Waals surface area contributed by atoms with Gasteiger partial charge in [0.15, 0.2) is 0 Å². The van der Waals surface area contributed by atoms with Crippen LogP contribution in [-0.4, -0.2) is 11.4 Å². The Morgan fingerprint density at radius 1 is 1.60 bits per heavy atom. The Labute approximate surface area is 59.0 Å².